The lowest BCUT2D eigenvalue weighted by molar-refractivity contribution is 0.279. The molecule has 0 bridgehead atoms. The molecule has 2 aromatic carbocycles. The molecule has 0 amide bonds. The van der Waals surface area contributed by atoms with Crippen molar-refractivity contribution >= 4 is 23.4 Å². The zero-order valence-corrected chi connectivity index (χ0v) is 10.4. The number of aliphatic hydroxyl groups is 1. The second-order valence-corrected chi connectivity index (χ2v) is 4.96. The molecule has 2 rings (SSSR count). The summed E-state index contributed by atoms with van der Waals surface area (Å²) in [7, 11) is 0. The van der Waals surface area contributed by atoms with Gasteiger partial charge in [-0.05, 0) is 30.3 Å². The fourth-order valence-electron chi connectivity index (χ4n) is 1.45. The van der Waals surface area contributed by atoms with Gasteiger partial charge in [0.25, 0.3) is 0 Å². The molecule has 0 aliphatic carbocycles. The second-order valence-electron chi connectivity index (χ2n) is 3.43. The van der Waals surface area contributed by atoms with Crippen molar-refractivity contribution in [1.29, 1.82) is 0 Å². The van der Waals surface area contributed by atoms with E-state index in [1.807, 2.05) is 18.2 Å². The molecule has 4 heteroatoms. The molecule has 0 unspecified atom stereocenters. The van der Waals surface area contributed by atoms with Gasteiger partial charge in [0.05, 0.1) is 6.61 Å². The van der Waals surface area contributed by atoms with Crippen LogP contribution in [0, 0.1) is 5.82 Å². The zero-order valence-electron chi connectivity index (χ0n) is 8.86. The van der Waals surface area contributed by atoms with Crippen molar-refractivity contribution in [1.82, 2.24) is 0 Å². The number of hydrogen-bond acceptors (Lipinski definition) is 2. The number of aliphatic hydroxyl groups excluding tert-OH is 1. The van der Waals surface area contributed by atoms with Gasteiger partial charge in [0.2, 0.25) is 0 Å². The zero-order chi connectivity index (χ0) is 12.3. The van der Waals surface area contributed by atoms with Crippen LogP contribution in [0.3, 0.4) is 0 Å². The predicted octanol–water partition coefficient (Wildman–Crippen LogP) is 4.12. The Morgan fingerprint density at radius 3 is 2.65 bits per heavy atom. The minimum Gasteiger partial charge on any atom is -0.392 e. The van der Waals surface area contributed by atoms with Crippen LogP contribution in [0.2, 0.25) is 5.02 Å². The number of benzene rings is 2. The van der Waals surface area contributed by atoms with E-state index < -0.39 is 0 Å². The standard InChI is InChI=1S/C13H10ClFOS/c14-12-5-2-6-13(11(12)8-16)17-10-4-1-3-9(15)7-10/h1-7,16H,8H2. The Morgan fingerprint density at radius 1 is 1.18 bits per heavy atom. The minimum absolute atomic E-state index is 0.128. The molecule has 0 aromatic heterocycles. The van der Waals surface area contributed by atoms with E-state index in [4.69, 9.17) is 11.6 Å². The van der Waals surface area contributed by atoms with E-state index in [1.165, 1.54) is 23.9 Å². The van der Waals surface area contributed by atoms with Crippen LogP contribution in [-0.2, 0) is 6.61 Å². The van der Waals surface area contributed by atoms with Gasteiger partial charge in [-0.15, -0.1) is 0 Å². The van der Waals surface area contributed by atoms with Crippen molar-refractivity contribution in [2.75, 3.05) is 0 Å². The summed E-state index contributed by atoms with van der Waals surface area (Å²) in [5.41, 5.74) is 0.670. The Hall–Kier alpha value is -1.03. The molecule has 0 heterocycles. The van der Waals surface area contributed by atoms with Gasteiger partial charge in [0, 0.05) is 20.4 Å². The van der Waals surface area contributed by atoms with E-state index in [0.717, 1.165) is 9.79 Å². The van der Waals surface area contributed by atoms with Crippen LogP contribution in [0.15, 0.2) is 52.3 Å². The third kappa shape index (κ3) is 3.00. The molecular formula is C13H10ClFOS. The highest BCUT2D eigenvalue weighted by Gasteiger charge is 2.07. The van der Waals surface area contributed by atoms with Gasteiger partial charge < -0.3 is 5.11 Å². The minimum atomic E-state index is -0.275. The first kappa shape index (κ1) is 12.4. The van der Waals surface area contributed by atoms with Crippen molar-refractivity contribution in [2.24, 2.45) is 0 Å². The van der Waals surface area contributed by atoms with Crippen LogP contribution in [0.25, 0.3) is 0 Å². The third-order valence-corrected chi connectivity index (χ3v) is 3.70. The van der Waals surface area contributed by atoms with Gasteiger partial charge in [0.1, 0.15) is 5.82 Å². The summed E-state index contributed by atoms with van der Waals surface area (Å²) >= 11 is 7.36. The van der Waals surface area contributed by atoms with Crippen LogP contribution in [0.4, 0.5) is 4.39 Å². The lowest BCUT2D eigenvalue weighted by Gasteiger charge is -2.08. The summed E-state index contributed by atoms with van der Waals surface area (Å²) in [6.07, 6.45) is 0. The normalized spacial score (nSPS) is 10.5. The predicted molar refractivity (Wildman–Crippen MR) is 67.9 cm³/mol. The van der Waals surface area contributed by atoms with Crippen LogP contribution >= 0.6 is 23.4 Å². The molecule has 0 saturated heterocycles. The first-order chi connectivity index (χ1) is 8.20. The fraction of sp³-hybridized carbons (Fsp3) is 0.0769. The SMILES string of the molecule is OCc1c(Cl)cccc1Sc1cccc(F)c1. The average Bonchev–Trinajstić information content (AvgIpc) is 2.29. The first-order valence-electron chi connectivity index (χ1n) is 5.02. The first-order valence-corrected chi connectivity index (χ1v) is 6.22. The molecule has 0 aliphatic rings. The summed E-state index contributed by atoms with van der Waals surface area (Å²) in [6.45, 7) is -0.128. The average molecular weight is 269 g/mol. The van der Waals surface area contributed by atoms with Crippen molar-refractivity contribution in [3.05, 3.63) is 58.9 Å². The number of hydrogen-bond donors (Lipinski definition) is 1. The van der Waals surface area contributed by atoms with E-state index in [-0.39, 0.29) is 12.4 Å². The molecule has 0 spiro atoms. The molecule has 1 N–H and O–H groups in total. The van der Waals surface area contributed by atoms with E-state index in [9.17, 15) is 9.50 Å². The van der Waals surface area contributed by atoms with Crippen LogP contribution in [-0.4, -0.2) is 5.11 Å². The highest BCUT2D eigenvalue weighted by atomic mass is 35.5. The van der Waals surface area contributed by atoms with Crippen molar-refractivity contribution < 1.29 is 9.50 Å². The van der Waals surface area contributed by atoms with Gasteiger partial charge in [-0.2, -0.15) is 0 Å². The fourth-order valence-corrected chi connectivity index (χ4v) is 2.75. The molecule has 17 heavy (non-hydrogen) atoms. The Kier molecular flexibility index (Phi) is 4.05. The monoisotopic (exact) mass is 268 g/mol. The Bertz CT molecular complexity index is 531. The highest BCUT2D eigenvalue weighted by molar-refractivity contribution is 7.99. The summed E-state index contributed by atoms with van der Waals surface area (Å²) in [4.78, 5) is 1.62. The molecule has 88 valence electrons. The molecule has 0 saturated carbocycles. The topological polar surface area (TPSA) is 20.2 Å². The number of halogens is 2. The maximum absolute atomic E-state index is 13.0. The van der Waals surface area contributed by atoms with Gasteiger partial charge in [-0.25, -0.2) is 4.39 Å². The molecule has 0 fully saturated rings. The van der Waals surface area contributed by atoms with Crippen molar-refractivity contribution in [2.45, 2.75) is 16.4 Å². The van der Waals surface area contributed by atoms with Crippen LogP contribution in [0.1, 0.15) is 5.56 Å². The van der Waals surface area contributed by atoms with Crippen LogP contribution in [0.5, 0.6) is 0 Å². The van der Waals surface area contributed by atoms with Crippen molar-refractivity contribution in [3.63, 3.8) is 0 Å². The quantitative estimate of drug-likeness (QED) is 0.903. The van der Waals surface area contributed by atoms with Gasteiger partial charge in [-0.3, -0.25) is 0 Å². The smallest absolute Gasteiger partial charge is 0.124 e. The Balaban J connectivity index is 2.33. The Morgan fingerprint density at radius 2 is 1.94 bits per heavy atom. The van der Waals surface area contributed by atoms with E-state index in [1.54, 1.807) is 12.1 Å². The number of rotatable bonds is 3. The summed E-state index contributed by atoms with van der Waals surface area (Å²) in [5, 5.41) is 9.78. The van der Waals surface area contributed by atoms with Crippen molar-refractivity contribution in [3.8, 4) is 0 Å². The molecule has 2 aromatic rings. The summed E-state index contributed by atoms with van der Waals surface area (Å²) in [5.74, 6) is -0.275. The van der Waals surface area contributed by atoms with E-state index in [2.05, 4.69) is 0 Å². The van der Waals surface area contributed by atoms with Crippen LogP contribution < -0.4 is 0 Å². The van der Waals surface area contributed by atoms with E-state index >= 15 is 0 Å². The molecule has 0 atom stereocenters. The lowest BCUT2D eigenvalue weighted by atomic mass is 10.2. The maximum atomic E-state index is 13.0. The third-order valence-electron chi connectivity index (χ3n) is 2.26. The second kappa shape index (κ2) is 5.54. The summed E-state index contributed by atoms with van der Waals surface area (Å²) < 4.78 is 13.0. The summed E-state index contributed by atoms with van der Waals surface area (Å²) in [6, 6.07) is 11.7. The highest BCUT2D eigenvalue weighted by Crippen LogP contribution is 2.33. The largest absolute Gasteiger partial charge is 0.392 e. The molecular weight excluding hydrogens is 259 g/mol. The van der Waals surface area contributed by atoms with Gasteiger partial charge in [-0.1, -0.05) is 35.5 Å². The molecule has 1 nitrogen and oxygen atoms in total. The maximum Gasteiger partial charge on any atom is 0.124 e. The van der Waals surface area contributed by atoms with E-state index in [0.29, 0.717) is 10.6 Å². The molecule has 0 aliphatic heterocycles. The van der Waals surface area contributed by atoms with Gasteiger partial charge >= 0.3 is 0 Å². The van der Waals surface area contributed by atoms with Gasteiger partial charge in [0.15, 0.2) is 0 Å². The molecule has 0 radical (unpaired) electrons. The lowest BCUT2D eigenvalue weighted by Crippen LogP contribution is -1.89. The Labute approximate surface area is 108 Å².